The minimum atomic E-state index is -0.787. The maximum absolute atomic E-state index is 12.3. The van der Waals surface area contributed by atoms with Crippen LogP contribution >= 0.6 is 0 Å². The highest BCUT2D eigenvalue weighted by Crippen LogP contribution is 2.32. The second kappa shape index (κ2) is 9.25. The van der Waals surface area contributed by atoms with Gasteiger partial charge in [0.2, 0.25) is 0 Å². The summed E-state index contributed by atoms with van der Waals surface area (Å²) in [7, 11) is 0. The molecule has 6 heteroatoms. The first-order valence-electron chi connectivity index (χ1n) is 9.56. The normalized spacial score (nSPS) is 24.8. The number of carboxylic acid groups (broad SMARTS) is 1. The van der Waals surface area contributed by atoms with Crippen molar-refractivity contribution in [1.82, 2.24) is 15.5 Å². The van der Waals surface area contributed by atoms with E-state index in [0.29, 0.717) is 12.0 Å². The summed E-state index contributed by atoms with van der Waals surface area (Å²) in [5.74, 6) is -0.132. The number of rotatable bonds is 10. The third kappa shape index (κ3) is 5.36. The van der Waals surface area contributed by atoms with E-state index in [9.17, 15) is 9.59 Å². The Balaban J connectivity index is 1.70. The molecule has 1 atom stereocenters. The van der Waals surface area contributed by atoms with Gasteiger partial charge in [0.15, 0.2) is 0 Å². The van der Waals surface area contributed by atoms with E-state index in [4.69, 9.17) is 5.11 Å². The van der Waals surface area contributed by atoms with E-state index in [0.717, 1.165) is 38.6 Å². The Kier molecular flexibility index (Phi) is 7.34. The molecule has 2 amide bonds. The van der Waals surface area contributed by atoms with Crippen molar-refractivity contribution in [1.29, 1.82) is 0 Å². The van der Waals surface area contributed by atoms with Crippen molar-refractivity contribution in [2.24, 2.45) is 5.92 Å². The number of carbonyl (C=O) groups is 2. The summed E-state index contributed by atoms with van der Waals surface area (Å²) in [6, 6.07) is 0.714. The summed E-state index contributed by atoms with van der Waals surface area (Å²) in [5, 5.41) is 15.2. The van der Waals surface area contributed by atoms with Gasteiger partial charge in [0.1, 0.15) is 0 Å². The van der Waals surface area contributed by atoms with Gasteiger partial charge in [-0.15, -0.1) is 0 Å². The molecule has 0 radical (unpaired) electrons. The van der Waals surface area contributed by atoms with Crippen LogP contribution in [0, 0.1) is 5.92 Å². The number of urea groups is 1. The fraction of sp³-hybridized carbons (Fsp3) is 0.889. The first-order valence-corrected chi connectivity index (χ1v) is 9.56. The van der Waals surface area contributed by atoms with Crippen molar-refractivity contribution >= 4 is 12.0 Å². The average Bonchev–Trinajstić information content (AvgIpc) is 2.43. The molecule has 0 saturated heterocycles. The molecule has 1 unspecified atom stereocenters. The van der Waals surface area contributed by atoms with Crippen molar-refractivity contribution in [3.63, 3.8) is 0 Å². The van der Waals surface area contributed by atoms with Gasteiger partial charge in [0, 0.05) is 18.1 Å². The van der Waals surface area contributed by atoms with Crippen LogP contribution in [0.2, 0.25) is 0 Å². The molecular weight excluding hydrogens is 306 g/mol. The maximum Gasteiger partial charge on any atom is 0.317 e. The summed E-state index contributed by atoms with van der Waals surface area (Å²) in [4.78, 5) is 25.1. The van der Waals surface area contributed by atoms with Gasteiger partial charge < -0.3 is 15.7 Å². The van der Waals surface area contributed by atoms with Gasteiger partial charge >= 0.3 is 12.0 Å². The van der Waals surface area contributed by atoms with Gasteiger partial charge in [-0.3, -0.25) is 9.69 Å². The van der Waals surface area contributed by atoms with Crippen LogP contribution in [0.15, 0.2) is 0 Å². The lowest BCUT2D eigenvalue weighted by atomic mass is 9.78. The third-order valence-electron chi connectivity index (χ3n) is 5.61. The predicted octanol–water partition coefficient (Wildman–Crippen LogP) is 2.58. The summed E-state index contributed by atoms with van der Waals surface area (Å²) in [5.41, 5.74) is 0. The number of hydrogen-bond donors (Lipinski definition) is 3. The molecule has 24 heavy (non-hydrogen) atoms. The van der Waals surface area contributed by atoms with Gasteiger partial charge in [-0.1, -0.05) is 33.1 Å². The van der Waals surface area contributed by atoms with Gasteiger partial charge in [-0.25, -0.2) is 4.79 Å². The number of nitrogens with one attached hydrogen (secondary N) is 2. The van der Waals surface area contributed by atoms with Crippen molar-refractivity contribution in [3.8, 4) is 0 Å². The SMILES string of the molecule is CCCCC(NC(=O)NC1CC(N(CC)CC(=O)O)C1)C1CCC1. The summed E-state index contributed by atoms with van der Waals surface area (Å²) in [6.45, 7) is 4.98. The molecule has 2 fully saturated rings. The Labute approximate surface area is 145 Å². The molecule has 0 heterocycles. The monoisotopic (exact) mass is 339 g/mol. The molecule has 0 aliphatic heterocycles. The zero-order chi connectivity index (χ0) is 17.5. The topological polar surface area (TPSA) is 81.7 Å². The largest absolute Gasteiger partial charge is 0.480 e. The van der Waals surface area contributed by atoms with E-state index in [1.807, 2.05) is 11.8 Å². The van der Waals surface area contributed by atoms with Crippen LogP contribution in [0.5, 0.6) is 0 Å². The number of hydrogen-bond acceptors (Lipinski definition) is 3. The molecule has 2 aliphatic carbocycles. The highest BCUT2D eigenvalue weighted by atomic mass is 16.4. The molecule has 0 aromatic rings. The molecule has 0 aromatic heterocycles. The molecule has 138 valence electrons. The summed E-state index contributed by atoms with van der Waals surface area (Å²) >= 11 is 0. The Morgan fingerprint density at radius 3 is 2.46 bits per heavy atom. The first-order chi connectivity index (χ1) is 11.5. The van der Waals surface area contributed by atoms with E-state index < -0.39 is 5.97 Å². The van der Waals surface area contributed by atoms with E-state index in [-0.39, 0.29) is 24.7 Å². The van der Waals surface area contributed by atoms with Gasteiger partial charge in [-0.05, 0) is 44.6 Å². The highest BCUT2D eigenvalue weighted by Gasteiger charge is 2.35. The fourth-order valence-corrected chi connectivity index (χ4v) is 3.76. The Hall–Kier alpha value is -1.30. The van der Waals surface area contributed by atoms with Crippen LogP contribution < -0.4 is 10.6 Å². The van der Waals surface area contributed by atoms with E-state index in [1.165, 1.54) is 19.3 Å². The predicted molar refractivity (Wildman–Crippen MR) is 94.0 cm³/mol. The number of carbonyl (C=O) groups excluding carboxylic acids is 1. The minimum Gasteiger partial charge on any atom is -0.480 e. The van der Waals surface area contributed by atoms with Gasteiger partial charge in [-0.2, -0.15) is 0 Å². The number of amides is 2. The lowest BCUT2D eigenvalue weighted by Gasteiger charge is -2.42. The van der Waals surface area contributed by atoms with Crippen molar-refractivity contribution < 1.29 is 14.7 Å². The molecule has 0 bridgehead atoms. The number of carboxylic acids is 1. The van der Waals surface area contributed by atoms with E-state index in [1.54, 1.807) is 0 Å². The molecule has 6 nitrogen and oxygen atoms in total. The second-order valence-corrected chi connectivity index (χ2v) is 7.34. The standard InChI is InChI=1S/C18H33N3O3/c1-3-5-9-16(13-7-6-8-13)20-18(24)19-14-10-15(11-14)21(4-2)12-17(22)23/h13-16H,3-12H2,1-2H3,(H,22,23)(H2,19,20,24). The van der Waals surface area contributed by atoms with E-state index in [2.05, 4.69) is 17.6 Å². The number of likely N-dealkylation sites (N-methyl/N-ethyl adjacent to an activating group) is 1. The molecule has 3 N–H and O–H groups in total. The lowest BCUT2D eigenvalue weighted by molar-refractivity contribution is -0.139. The van der Waals surface area contributed by atoms with Crippen LogP contribution in [-0.2, 0) is 4.79 Å². The van der Waals surface area contributed by atoms with Crippen LogP contribution in [0.4, 0.5) is 4.79 Å². The number of unbranched alkanes of at least 4 members (excludes halogenated alkanes) is 1. The fourth-order valence-electron chi connectivity index (χ4n) is 3.76. The number of aliphatic carboxylic acids is 1. The molecule has 2 saturated carbocycles. The first kappa shape index (κ1) is 19.0. The van der Waals surface area contributed by atoms with Crippen molar-refractivity contribution in [3.05, 3.63) is 0 Å². The second-order valence-electron chi connectivity index (χ2n) is 7.34. The zero-order valence-electron chi connectivity index (χ0n) is 15.1. The summed E-state index contributed by atoms with van der Waals surface area (Å²) < 4.78 is 0. The van der Waals surface area contributed by atoms with Crippen LogP contribution in [0.1, 0.15) is 65.2 Å². The smallest absolute Gasteiger partial charge is 0.317 e. The van der Waals surface area contributed by atoms with Crippen LogP contribution in [0.25, 0.3) is 0 Å². The summed E-state index contributed by atoms with van der Waals surface area (Å²) in [6.07, 6.45) is 8.85. The Morgan fingerprint density at radius 2 is 1.96 bits per heavy atom. The Morgan fingerprint density at radius 1 is 1.25 bits per heavy atom. The van der Waals surface area contributed by atoms with Gasteiger partial charge in [0.05, 0.1) is 6.54 Å². The molecule has 2 rings (SSSR count). The lowest BCUT2D eigenvalue weighted by Crippen LogP contribution is -2.57. The number of nitrogens with zero attached hydrogens (tertiary/aromatic N) is 1. The minimum absolute atomic E-state index is 0.0484. The maximum atomic E-state index is 12.3. The quantitative estimate of drug-likeness (QED) is 0.571. The molecular formula is C18H33N3O3. The van der Waals surface area contributed by atoms with E-state index >= 15 is 0 Å². The zero-order valence-corrected chi connectivity index (χ0v) is 15.1. The average molecular weight is 339 g/mol. The van der Waals surface area contributed by atoms with Crippen LogP contribution in [-0.4, -0.2) is 53.2 Å². The van der Waals surface area contributed by atoms with Gasteiger partial charge in [0.25, 0.3) is 0 Å². The van der Waals surface area contributed by atoms with Crippen molar-refractivity contribution in [2.75, 3.05) is 13.1 Å². The Bertz CT molecular complexity index is 420. The molecule has 0 aromatic carbocycles. The molecule has 2 aliphatic rings. The molecule has 0 spiro atoms. The third-order valence-corrected chi connectivity index (χ3v) is 5.61. The van der Waals surface area contributed by atoms with Crippen LogP contribution in [0.3, 0.4) is 0 Å². The highest BCUT2D eigenvalue weighted by molar-refractivity contribution is 5.74. The van der Waals surface area contributed by atoms with Crippen molar-refractivity contribution in [2.45, 2.75) is 83.3 Å².